The number of rotatable bonds is 9. The van der Waals surface area contributed by atoms with Gasteiger partial charge in [0.25, 0.3) is 0 Å². The normalized spacial score (nSPS) is 17.6. The first kappa shape index (κ1) is 29.7. The molecule has 0 spiro atoms. The molecule has 46 heavy (non-hydrogen) atoms. The molecule has 1 aromatic heterocycles. The first-order valence-corrected chi connectivity index (χ1v) is 15.5. The van der Waals surface area contributed by atoms with Crippen molar-refractivity contribution in [3.05, 3.63) is 95.0 Å². The quantitative estimate of drug-likeness (QED) is 0.190. The number of hydrogen-bond acceptors (Lipinski definition) is 5. The molecule has 1 aliphatic heterocycles. The maximum Gasteiger partial charge on any atom is 0.353 e. The number of benzene rings is 3. The van der Waals surface area contributed by atoms with Gasteiger partial charge < -0.3 is 28.6 Å². The number of carboxylic acids is 1. The van der Waals surface area contributed by atoms with Crippen molar-refractivity contribution < 1.29 is 33.2 Å². The Balaban J connectivity index is 1.46. The van der Waals surface area contributed by atoms with Gasteiger partial charge in [-0.2, -0.15) is 0 Å². The van der Waals surface area contributed by atoms with Gasteiger partial charge in [-0.25, -0.2) is 9.18 Å². The lowest BCUT2D eigenvalue weighted by molar-refractivity contribution is 0.0686. The van der Waals surface area contributed by atoms with Crippen LogP contribution >= 0.6 is 0 Å². The average Bonchev–Trinajstić information content (AvgIpc) is 3.17. The van der Waals surface area contributed by atoms with E-state index >= 15 is 0 Å². The van der Waals surface area contributed by atoms with E-state index in [4.69, 9.17) is 18.9 Å². The molecule has 0 saturated heterocycles. The van der Waals surface area contributed by atoms with E-state index in [0.29, 0.717) is 71.1 Å². The molecule has 1 fully saturated rings. The van der Waals surface area contributed by atoms with Crippen LogP contribution in [0.3, 0.4) is 0 Å². The minimum Gasteiger partial charge on any atom is -0.493 e. The Morgan fingerprint density at radius 2 is 1.72 bits per heavy atom. The Bertz CT molecular complexity index is 1940. The Labute approximate surface area is 267 Å². The number of fused-ring (bicyclic) bond motifs is 5. The van der Waals surface area contributed by atoms with Crippen LogP contribution in [0.1, 0.15) is 34.5 Å². The minimum atomic E-state index is -1.09. The predicted molar refractivity (Wildman–Crippen MR) is 175 cm³/mol. The summed E-state index contributed by atoms with van der Waals surface area (Å²) in [6.07, 6.45) is 9.39. The Kier molecular flexibility index (Phi) is 7.59. The highest BCUT2D eigenvalue weighted by Gasteiger charge is 2.36. The summed E-state index contributed by atoms with van der Waals surface area (Å²) in [6, 6.07) is 14.0. The van der Waals surface area contributed by atoms with Gasteiger partial charge in [0.15, 0.2) is 23.0 Å². The smallest absolute Gasteiger partial charge is 0.353 e. The van der Waals surface area contributed by atoms with Crippen LogP contribution in [0.5, 0.6) is 23.0 Å². The van der Waals surface area contributed by atoms with Gasteiger partial charge in [0, 0.05) is 29.2 Å². The molecule has 236 valence electrons. The highest BCUT2D eigenvalue weighted by atomic mass is 19.1. The minimum absolute atomic E-state index is 0.106. The van der Waals surface area contributed by atoms with Gasteiger partial charge >= 0.3 is 5.97 Å². The lowest BCUT2D eigenvalue weighted by atomic mass is 9.70. The van der Waals surface area contributed by atoms with E-state index in [0.717, 1.165) is 40.8 Å². The third kappa shape index (κ3) is 4.83. The van der Waals surface area contributed by atoms with Gasteiger partial charge in [-0.3, -0.25) is 0 Å². The highest BCUT2D eigenvalue weighted by molar-refractivity contribution is 6.07. The van der Waals surface area contributed by atoms with Crippen molar-refractivity contribution in [3.8, 4) is 56.5 Å². The van der Waals surface area contributed by atoms with Crippen LogP contribution < -0.4 is 18.9 Å². The second-order valence-electron chi connectivity index (χ2n) is 12.1. The predicted octanol–water partition coefficient (Wildman–Crippen LogP) is 8.12. The zero-order valence-electron chi connectivity index (χ0n) is 26.4. The summed E-state index contributed by atoms with van der Waals surface area (Å²) in [4.78, 5) is 13.1. The molecule has 3 aromatic carbocycles. The SMILES string of the molecule is COc1cc2c(cc1OC)-c1c(-c3ccc(OC)c(OC[C@H]4C5=CCC=CC4C5)c3)c(-c3cc(F)ccc3C)c(C(=O)O)n1CC2. The molecular weight excluding hydrogens is 585 g/mol. The molecule has 2 heterocycles. The van der Waals surface area contributed by atoms with Gasteiger partial charge in [0.2, 0.25) is 0 Å². The number of allylic oxidation sites excluding steroid dienone is 3. The van der Waals surface area contributed by atoms with E-state index in [1.165, 1.54) is 17.7 Å². The Morgan fingerprint density at radius 3 is 2.48 bits per heavy atom. The number of hydrogen-bond donors (Lipinski definition) is 1. The topological polar surface area (TPSA) is 79.2 Å². The summed E-state index contributed by atoms with van der Waals surface area (Å²) in [5.74, 6) is 1.53. The van der Waals surface area contributed by atoms with Crippen LogP contribution in [0.2, 0.25) is 0 Å². The highest BCUT2D eigenvalue weighted by Crippen LogP contribution is 2.51. The fourth-order valence-corrected chi connectivity index (χ4v) is 7.28. The summed E-state index contributed by atoms with van der Waals surface area (Å²) in [6.45, 7) is 2.79. The van der Waals surface area contributed by atoms with E-state index in [2.05, 4.69) is 18.2 Å². The molecule has 7 nitrogen and oxygen atoms in total. The van der Waals surface area contributed by atoms with Crippen molar-refractivity contribution in [2.24, 2.45) is 11.8 Å². The van der Waals surface area contributed by atoms with Crippen molar-refractivity contribution >= 4 is 5.97 Å². The summed E-state index contributed by atoms with van der Waals surface area (Å²) < 4.78 is 40.2. The van der Waals surface area contributed by atoms with Crippen LogP contribution in [-0.4, -0.2) is 43.6 Å². The van der Waals surface area contributed by atoms with E-state index in [-0.39, 0.29) is 5.69 Å². The summed E-state index contributed by atoms with van der Waals surface area (Å²) in [5.41, 5.74) is 7.23. The van der Waals surface area contributed by atoms with E-state index < -0.39 is 11.8 Å². The fraction of sp³-hybridized carbons (Fsp3) is 0.289. The van der Waals surface area contributed by atoms with Crippen LogP contribution in [0, 0.1) is 24.6 Å². The first-order valence-electron chi connectivity index (χ1n) is 15.5. The maximum absolute atomic E-state index is 14.9. The molecule has 1 N–H and O–H groups in total. The van der Waals surface area contributed by atoms with Crippen LogP contribution in [-0.2, 0) is 13.0 Å². The molecule has 7 rings (SSSR count). The zero-order valence-corrected chi connectivity index (χ0v) is 26.4. The van der Waals surface area contributed by atoms with Crippen LogP contribution in [0.25, 0.3) is 33.5 Å². The van der Waals surface area contributed by atoms with Gasteiger partial charge in [-0.1, -0.05) is 35.9 Å². The number of halogens is 1. The number of aryl methyl sites for hydroxylation is 2. The van der Waals surface area contributed by atoms with Crippen LogP contribution in [0.4, 0.5) is 4.39 Å². The largest absolute Gasteiger partial charge is 0.493 e. The van der Waals surface area contributed by atoms with E-state index in [9.17, 15) is 14.3 Å². The number of aromatic nitrogens is 1. The van der Waals surface area contributed by atoms with Gasteiger partial charge in [-0.15, -0.1) is 0 Å². The van der Waals surface area contributed by atoms with Crippen molar-refractivity contribution in [2.45, 2.75) is 32.7 Å². The van der Waals surface area contributed by atoms with Gasteiger partial charge in [0.05, 0.1) is 33.6 Å². The zero-order chi connectivity index (χ0) is 32.1. The summed E-state index contributed by atoms with van der Waals surface area (Å²) in [7, 11) is 4.78. The fourth-order valence-electron chi connectivity index (χ4n) is 7.28. The van der Waals surface area contributed by atoms with Gasteiger partial charge in [-0.05, 0) is 90.8 Å². The molecule has 1 unspecified atom stereocenters. The van der Waals surface area contributed by atoms with Gasteiger partial charge in [0.1, 0.15) is 11.5 Å². The number of carbonyl (C=O) groups is 1. The second-order valence-corrected chi connectivity index (χ2v) is 12.1. The molecular formula is C38H36FNO6. The van der Waals surface area contributed by atoms with Crippen molar-refractivity contribution in [1.82, 2.24) is 4.57 Å². The molecule has 4 aromatic rings. The third-order valence-electron chi connectivity index (χ3n) is 9.64. The van der Waals surface area contributed by atoms with Crippen LogP contribution in [0.15, 0.2) is 72.3 Å². The lowest BCUT2D eigenvalue weighted by Crippen LogP contribution is -2.32. The molecule has 8 heteroatoms. The van der Waals surface area contributed by atoms with E-state index in [1.54, 1.807) is 27.4 Å². The maximum atomic E-state index is 14.9. The monoisotopic (exact) mass is 621 g/mol. The van der Waals surface area contributed by atoms with Crippen molar-refractivity contribution in [3.63, 3.8) is 0 Å². The summed E-state index contributed by atoms with van der Waals surface area (Å²) in [5, 5.41) is 10.7. The number of aromatic carboxylic acids is 1. The molecule has 2 bridgehead atoms. The Morgan fingerprint density at radius 1 is 0.935 bits per heavy atom. The number of ether oxygens (including phenoxy) is 4. The molecule has 3 aliphatic rings. The number of carboxylic acid groups (broad SMARTS) is 1. The molecule has 0 radical (unpaired) electrons. The lowest BCUT2D eigenvalue weighted by Gasteiger charge is -2.37. The third-order valence-corrected chi connectivity index (χ3v) is 9.64. The molecule has 2 aliphatic carbocycles. The molecule has 2 atom stereocenters. The van der Waals surface area contributed by atoms with E-state index in [1.807, 2.05) is 41.8 Å². The van der Waals surface area contributed by atoms with Crippen molar-refractivity contribution in [1.29, 1.82) is 0 Å². The Hall–Kier alpha value is -4.98. The summed E-state index contributed by atoms with van der Waals surface area (Å²) >= 11 is 0. The first-order chi connectivity index (χ1) is 22.3. The average molecular weight is 622 g/mol. The standard InChI is InChI=1S/C38H36FNO6/c1-21-9-11-26(39)18-27(21)35-34(25-10-12-30(43-2)33(17-25)46-20-29-22-7-5-6-8-23(29)15-22)36-28-19-32(45-4)31(44-3)16-24(28)13-14-40(36)37(35)38(41)42/h5,7-12,16-19,22,29H,6,13-15,20H2,1-4H3,(H,41,42)/t22?,29-/m1/s1. The molecule has 0 amide bonds. The number of nitrogens with zero attached hydrogens (tertiary/aromatic N) is 1. The number of methoxy groups -OCH3 is 3. The van der Waals surface area contributed by atoms with Crippen molar-refractivity contribution in [2.75, 3.05) is 27.9 Å². The second kappa shape index (κ2) is 11.7. The molecule has 1 saturated carbocycles.